The highest BCUT2D eigenvalue weighted by molar-refractivity contribution is 5.96. The van der Waals surface area contributed by atoms with Gasteiger partial charge in [0, 0.05) is 6.42 Å². The van der Waals surface area contributed by atoms with E-state index in [1.54, 1.807) is 19.9 Å². The lowest BCUT2D eigenvalue weighted by atomic mass is 9.92. The Bertz CT molecular complexity index is 455. The summed E-state index contributed by atoms with van der Waals surface area (Å²) in [7, 11) is 0. The van der Waals surface area contributed by atoms with Gasteiger partial charge in [-0.1, -0.05) is 20.8 Å². The van der Waals surface area contributed by atoms with E-state index in [4.69, 9.17) is 4.42 Å². The van der Waals surface area contributed by atoms with E-state index in [0.717, 1.165) is 0 Å². The van der Waals surface area contributed by atoms with E-state index < -0.39 is 0 Å². The molecule has 1 heterocycles. The minimum atomic E-state index is -0.369. The van der Waals surface area contributed by atoms with Gasteiger partial charge in [-0.05, 0) is 25.3 Å². The number of hydrogen-bond donors (Lipinski definition) is 2. The van der Waals surface area contributed by atoms with Gasteiger partial charge in [0.2, 0.25) is 5.91 Å². The van der Waals surface area contributed by atoms with Crippen LogP contribution in [0.25, 0.3) is 0 Å². The monoisotopic (exact) mass is 252 g/mol. The second kappa shape index (κ2) is 5.25. The predicted octanol–water partition coefficient (Wildman–Crippen LogP) is 2.09. The van der Waals surface area contributed by atoms with Crippen molar-refractivity contribution < 1.29 is 14.0 Å². The van der Waals surface area contributed by atoms with Crippen LogP contribution in [-0.4, -0.2) is 11.8 Å². The van der Waals surface area contributed by atoms with Crippen LogP contribution in [0.15, 0.2) is 10.5 Å². The zero-order valence-electron chi connectivity index (χ0n) is 11.5. The molecule has 0 bridgehead atoms. The third kappa shape index (κ3) is 4.24. The maximum atomic E-state index is 11.8. The zero-order chi connectivity index (χ0) is 13.9. The first-order valence-electron chi connectivity index (χ1n) is 5.85. The van der Waals surface area contributed by atoms with Gasteiger partial charge in [-0.2, -0.15) is 0 Å². The minimum Gasteiger partial charge on any atom is -0.466 e. The molecule has 0 saturated carbocycles. The molecule has 5 heteroatoms. The Morgan fingerprint density at radius 2 is 1.83 bits per heavy atom. The fourth-order valence-corrected chi connectivity index (χ4v) is 1.58. The molecule has 0 saturated heterocycles. The van der Waals surface area contributed by atoms with Crippen LogP contribution in [-0.2, 0) is 4.79 Å². The molecule has 0 radical (unpaired) electrons. The van der Waals surface area contributed by atoms with Crippen molar-refractivity contribution in [3.05, 3.63) is 23.2 Å². The SMILES string of the molecule is Cc1cc(C(=O)NNC(=O)CC(C)(C)C)c(C)o1. The molecule has 1 aromatic heterocycles. The van der Waals surface area contributed by atoms with Crippen molar-refractivity contribution in [1.82, 2.24) is 10.9 Å². The summed E-state index contributed by atoms with van der Waals surface area (Å²) in [5, 5.41) is 0. The first-order chi connectivity index (χ1) is 8.19. The quantitative estimate of drug-likeness (QED) is 0.792. The topological polar surface area (TPSA) is 71.3 Å². The largest absolute Gasteiger partial charge is 0.466 e. The van der Waals surface area contributed by atoms with Crippen molar-refractivity contribution >= 4 is 11.8 Å². The van der Waals surface area contributed by atoms with E-state index in [1.807, 2.05) is 20.8 Å². The molecular weight excluding hydrogens is 232 g/mol. The van der Waals surface area contributed by atoms with Crippen LogP contribution in [0.1, 0.15) is 49.1 Å². The first kappa shape index (κ1) is 14.3. The number of hydrogen-bond acceptors (Lipinski definition) is 3. The summed E-state index contributed by atoms with van der Waals surface area (Å²) >= 11 is 0. The Morgan fingerprint density at radius 1 is 1.22 bits per heavy atom. The van der Waals surface area contributed by atoms with Crippen LogP contribution in [0, 0.1) is 19.3 Å². The average Bonchev–Trinajstić information content (AvgIpc) is 2.52. The van der Waals surface area contributed by atoms with Gasteiger partial charge < -0.3 is 4.42 Å². The summed E-state index contributed by atoms with van der Waals surface area (Å²) in [4.78, 5) is 23.3. The summed E-state index contributed by atoms with van der Waals surface area (Å²) in [5.74, 6) is 0.620. The summed E-state index contributed by atoms with van der Waals surface area (Å²) in [5.41, 5.74) is 5.09. The van der Waals surface area contributed by atoms with Crippen LogP contribution in [0.2, 0.25) is 0 Å². The number of amides is 2. The van der Waals surface area contributed by atoms with Gasteiger partial charge in [-0.25, -0.2) is 0 Å². The maximum absolute atomic E-state index is 11.8. The Kier molecular flexibility index (Phi) is 4.16. The summed E-state index contributed by atoms with van der Waals surface area (Å²) in [6.45, 7) is 9.34. The smallest absolute Gasteiger partial charge is 0.273 e. The molecular formula is C13H20N2O3. The molecule has 1 aromatic rings. The number of hydrazine groups is 1. The lowest BCUT2D eigenvalue weighted by Gasteiger charge is -2.17. The minimum absolute atomic E-state index is 0.114. The van der Waals surface area contributed by atoms with Crippen molar-refractivity contribution in [2.45, 2.75) is 41.0 Å². The predicted molar refractivity (Wildman–Crippen MR) is 67.9 cm³/mol. The van der Waals surface area contributed by atoms with E-state index in [9.17, 15) is 9.59 Å². The van der Waals surface area contributed by atoms with Crippen molar-refractivity contribution in [1.29, 1.82) is 0 Å². The van der Waals surface area contributed by atoms with Gasteiger partial charge in [-0.15, -0.1) is 0 Å². The van der Waals surface area contributed by atoms with Crippen molar-refractivity contribution in [3.63, 3.8) is 0 Å². The van der Waals surface area contributed by atoms with Gasteiger partial charge in [-0.3, -0.25) is 20.4 Å². The highest BCUT2D eigenvalue weighted by Crippen LogP contribution is 2.17. The number of carbonyl (C=O) groups excluding carboxylic acids is 2. The van der Waals surface area contributed by atoms with Gasteiger partial charge in [0.25, 0.3) is 5.91 Å². The number of furan rings is 1. The molecule has 1 rings (SSSR count). The number of rotatable bonds is 2. The number of carbonyl (C=O) groups is 2. The molecule has 18 heavy (non-hydrogen) atoms. The van der Waals surface area contributed by atoms with Crippen LogP contribution < -0.4 is 10.9 Å². The standard InChI is InChI=1S/C13H20N2O3/c1-8-6-10(9(2)18-8)12(17)15-14-11(16)7-13(3,4)5/h6H,7H2,1-5H3,(H,14,16)(H,15,17). The van der Waals surface area contributed by atoms with E-state index in [1.165, 1.54) is 0 Å². The fourth-order valence-electron chi connectivity index (χ4n) is 1.58. The van der Waals surface area contributed by atoms with Crippen molar-refractivity contribution in [3.8, 4) is 0 Å². The Hall–Kier alpha value is -1.78. The molecule has 100 valence electrons. The van der Waals surface area contributed by atoms with Crippen LogP contribution in [0.4, 0.5) is 0 Å². The molecule has 0 fully saturated rings. The Balaban J connectivity index is 2.52. The molecule has 0 aliphatic rings. The molecule has 0 spiro atoms. The van der Waals surface area contributed by atoms with E-state index in [0.29, 0.717) is 23.5 Å². The van der Waals surface area contributed by atoms with Crippen molar-refractivity contribution in [2.75, 3.05) is 0 Å². The summed E-state index contributed by atoms with van der Waals surface area (Å²) < 4.78 is 5.25. The third-order valence-corrected chi connectivity index (χ3v) is 2.29. The Morgan fingerprint density at radius 3 is 2.28 bits per heavy atom. The molecule has 0 aromatic carbocycles. The second-order valence-corrected chi connectivity index (χ2v) is 5.57. The van der Waals surface area contributed by atoms with Gasteiger partial charge in [0.1, 0.15) is 11.5 Å². The van der Waals surface area contributed by atoms with Gasteiger partial charge >= 0.3 is 0 Å². The normalized spacial score (nSPS) is 11.2. The maximum Gasteiger partial charge on any atom is 0.273 e. The fraction of sp³-hybridized carbons (Fsp3) is 0.538. The van der Waals surface area contributed by atoms with Gasteiger partial charge in [0.05, 0.1) is 5.56 Å². The Labute approximate surface area is 107 Å². The van der Waals surface area contributed by atoms with Gasteiger partial charge in [0.15, 0.2) is 0 Å². The number of aryl methyl sites for hydroxylation is 2. The van der Waals surface area contributed by atoms with Crippen LogP contribution in [0.5, 0.6) is 0 Å². The zero-order valence-corrected chi connectivity index (χ0v) is 11.5. The third-order valence-electron chi connectivity index (χ3n) is 2.29. The van der Waals surface area contributed by atoms with Crippen LogP contribution >= 0.6 is 0 Å². The molecule has 0 atom stereocenters. The summed E-state index contributed by atoms with van der Waals surface area (Å²) in [6, 6.07) is 1.64. The molecule has 0 aliphatic carbocycles. The summed E-state index contributed by atoms with van der Waals surface area (Å²) in [6.07, 6.45) is 0.344. The molecule has 5 nitrogen and oxygen atoms in total. The molecule has 0 aliphatic heterocycles. The van der Waals surface area contributed by atoms with Crippen LogP contribution in [0.3, 0.4) is 0 Å². The van der Waals surface area contributed by atoms with E-state index in [2.05, 4.69) is 10.9 Å². The van der Waals surface area contributed by atoms with Crippen molar-refractivity contribution in [2.24, 2.45) is 5.41 Å². The number of nitrogens with one attached hydrogen (secondary N) is 2. The molecule has 0 unspecified atom stereocenters. The van der Waals surface area contributed by atoms with E-state index in [-0.39, 0.29) is 17.2 Å². The average molecular weight is 252 g/mol. The lowest BCUT2D eigenvalue weighted by Crippen LogP contribution is -2.42. The molecule has 2 amide bonds. The second-order valence-electron chi connectivity index (χ2n) is 5.57. The van der Waals surface area contributed by atoms with E-state index >= 15 is 0 Å². The highest BCUT2D eigenvalue weighted by Gasteiger charge is 2.18. The lowest BCUT2D eigenvalue weighted by molar-refractivity contribution is -0.123. The highest BCUT2D eigenvalue weighted by atomic mass is 16.3. The first-order valence-corrected chi connectivity index (χ1v) is 5.85. The molecule has 2 N–H and O–H groups in total.